The Morgan fingerprint density at radius 2 is 2.30 bits per heavy atom. The lowest BCUT2D eigenvalue weighted by Gasteiger charge is -2.38. The second-order valence-corrected chi connectivity index (χ2v) is 6.34. The largest absolute Gasteiger partial charge is 0.383 e. The molecule has 1 N–H and O–H groups in total. The molecular formula is C16H25N3O. The van der Waals surface area contributed by atoms with Crippen molar-refractivity contribution in [3.63, 3.8) is 0 Å². The van der Waals surface area contributed by atoms with Crippen LogP contribution in [0.4, 0.5) is 5.69 Å². The van der Waals surface area contributed by atoms with E-state index in [1.54, 1.807) is 12.4 Å². The predicted octanol–water partition coefficient (Wildman–Crippen LogP) is 3.17. The molecule has 0 atom stereocenters. The second-order valence-electron chi connectivity index (χ2n) is 6.34. The van der Waals surface area contributed by atoms with Crippen molar-refractivity contribution in [3.05, 3.63) is 24.0 Å². The molecule has 1 aromatic rings. The SMILES string of the molecule is CCCNc1cnccc1C(=O)N1CCCC(C)(C)C1. The molecule has 2 rings (SSSR count). The first-order chi connectivity index (χ1) is 9.53. The molecule has 1 aliphatic heterocycles. The molecule has 0 aliphatic carbocycles. The van der Waals surface area contributed by atoms with E-state index in [2.05, 4.69) is 31.1 Å². The molecule has 0 aromatic carbocycles. The minimum absolute atomic E-state index is 0.124. The van der Waals surface area contributed by atoms with E-state index in [4.69, 9.17) is 0 Å². The number of likely N-dealkylation sites (tertiary alicyclic amines) is 1. The maximum absolute atomic E-state index is 12.7. The van der Waals surface area contributed by atoms with Gasteiger partial charge in [-0.05, 0) is 30.7 Å². The molecule has 1 saturated heterocycles. The Bertz CT molecular complexity index is 471. The number of carbonyl (C=O) groups excluding carboxylic acids is 1. The van der Waals surface area contributed by atoms with E-state index in [9.17, 15) is 4.79 Å². The maximum atomic E-state index is 12.7. The number of hydrogen-bond acceptors (Lipinski definition) is 3. The fourth-order valence-electron chi connectivity index (χ4n) is 2.75. The van der Waals surface area contributed by atoms with E-state index in [-0.39, 0.29) is 11.3 Å². The number of nitrogens with one attached hydrogen (secondary N) is 1. The lowest BCUT2D eigenvalue weighted by molar-refractivity contribution is 0.0584. The third kappa shape index (κ3) is 3.50. The summed E-state index contributed by atoms with van der Waals surface area (Å²) < 4.78 is 0. The molecule has 0 bridgehead atoms. The smallest absolute Gasteiger partial charge is 0.256 e. The van der Waals surface area contributed by atoms with Gasteiger partial charge >= 0.3 is 0 Å². The summed E-state index contributed by atoms with van der Waals surface area (Å²) in [5, 5.41) is 3.29. The van der Waals surface area contributed by atoms with Gasteiger partial charge in [-0.3, -0.25) is 9.78 Å². The Labute approximate surface area is 121 Å². The van der Waals surface area contributed by atoms with Crippen LogP contribution in [0.5, 0.6) is 0 Å². The summed E-state index contributed by atoms with van der Waals surface area (Å²) in [6.07, 6.45) is 6.74. The first-order valence-corrected chi connectivity index (χ1v) is 7.51. The molecule has 1 amide bonds. The summed E-state index contributed by atoms with van der Waals surface area (Å²) in [7, 11) is 0. The van der Waals surface area contributed by atoms with Crippen molar-refractivity contribution >= 4 is 11.6 Å². The summed E-state index contributed by atoms with van der Waals surface area (Å²) in [6.45, 7) is 9.12. The third-order valence-corrected chi connectivity index (χ3v) is 3.80. The molecule has 1 aromatic heterocycles. The lowest BCUT2D eigenvalue weighted by atomic mass is 9.84. The van der Waals surface area contributed by atoms with Crippen LogP contribution >= 0.6 is 0 Å². The van der Waals surface area contributed by atoms with Crippen LogP contribution in [0.2, 0.25) is 0 Å². The summed E-state index contributed by atoms with van der Waals surface area (Å²) in [6, 6.07) is 1.82. The topological polar surface area (TPSA) is 45.2 Å². The maximum Gasteiger partial charge on any atom is 0.256 e. The summed E-state index contributed by atoms with van der Waals surface area (Å²) in [5.74, 6) is 0.124. The fraction of sp³-hybridized carbons (Fsp3) is 0.625. The van der Waals surface area contributed by atoms with Crippen molar-refractivity contribution < 1.29 is 4.79 Å². The first kappa shape index (κ1) is 14.8. The number of aromatic nitrogens is 1. The quantitative estimate of drug-likeness (QED) is 0.918. The highest BCUT2D eigenvalue weighted by Gasteiger charge is 2.30. The van der Waals surface area contributed by atoms with Crippen LogP contribution in [-0.4, -0.2) is 35.4 Å². The Balaban J connectivity index is 2.16. The highest BCUT2D eigenvalue weighted by atomic mass is 16.2. The molecule has 0 spiro atoms. The molecule has 4 heteroatoms. The van der Waals surface area contributed by atoms with Crippen molar-refractivity contribution in [2.75, 3.05) is 25.0 Å². The molecule has 1 fully saturated rings. The summed E-state index contributed by atoms with van der Waals surface area (Å²) in [4.78, 5) is 18.8. The van der Waals surface area contributed by atoms with Gasteiger partial charge in [0.05, 0.1) is 17.4 Å². The number of piperidine rings is 1. The van der Waals surface area contributed by atoms with Gasteiger partial charge in [-0.1, -0.05) is 20.8 Å². The van der Waals surface area contributed by atoms with Gasteiger partial charge in [-0.15, -0.1) is 0 Å². The van der Waals surface area contributed by atoms with E-state index in [0.29, 0.717) is 0 Å². The van der Waals surface area contributed by atoms with E-state index in [1.165, 1.54) is 6.42 Å². The van der Waals surface area contributed by atoms with Crippen molar-refractivity contribution in [2.45, 2.75) is 40.0 Å². The Kier molecular flexibility index (Phi) is 4.63. The van der Waals surface area contributed by atoms with E-state index < -0.39 is 0 Å². The van der Waals surface area contributed by atoms with Gasteiger partial charge in [0, 0.05) is 25.8 Å². The minimum Gasteiger partial charge on any atom is -0.383 e. The van der Waals surface area contributed by atoms with Gasteiger partial charge in [0.25, 0.3) is 5.91 Å². The number of hydrogen-bond donors (Lipinski definition) is 1. The zero-order valence-electron chi connectivity index (χ0n) is 12.8. The van der Waals surface area contributed by atoms with Crippen molar-refractivity contribution in [1.82, 2.24) is 9.88 Å². The lowest BCUT2D eigenvalue weighted by Crippen LogP contribution is -2.43. The van der Waals surface area contributed by atoms with Crippen LogP contribution in [0.1, 0.15) is 50.4 Å². The second kappa shape index (κ2) is 6.25. The standard InChI is InChI=1S/C16H25N3O/c1-4-8-18-14-11-17-9-6-13(14)15(20)19-10-5-7-16(2,3)12-19/h6,9,11,18H,4-5,7-8,10,12H2,1-3H3. The number of nitrogens with zero attached hydrogens (tertiary/aromatic N) is 2. The fourth-order valence-corrected chi connectivity index (χ4v) is 2.75. The highest BCUT2D eigenvalue weighted by molar-refractivity contribution is 5.99. The molecule has 0 saturated carbocycles. The number of amides is 1. The van der Waals surface area contributed by atoms with Crippen LogP contribution in [0.25, 0.3) is 0 Å². The van der Waals surface area contributed by atoms with Gasteiger partial charge in [0.15, 0.2) is 0 Å². The van der Waals surface area contributed by atoms with Crippen LogP contribution in [0.15, 0.2) is 18.5 Å². The molecule has 2 heterocycles. The molecule has 4 nitrogen and oxygen atoms in total. The molecule has 0 radical (unpaired) electrons. The molecule has 20 heavy (non-hydrogen) atoms. The van der Waals surface area contributed by atoms with Crippen LogP contribution < -0.4 is 5.32 Å². The van der Waals surface area contributed by atoms with Crippen LogP contribution in [0.3, 0.4) is 0 Å². The van der Waals surface area contributed by atoms with Gasteiger partial charge in [0.1, 0.15) is 0 Å². The van der Waals surface area contributed by atoms with Crippen LogP contribution in [0, 0.1) is 5.41 Å². The zero-order valence-corrected chi connectivity index (χ0v) is 12.8. The molecule has 0 unspecified atom stereocenters. The van der Waals surface area contributed by atoms with E-state index >= 15 is 0 Å². The average molecular weight is 275 g/mol. The van der Waals surface area contributed by atoms with Crippen molar-refractivity contribution in [2.24, 2.45) is 5.41 Å². The monoisotopic (exact) mass is 275 g/mol. The van der Waals surface area contributed by atoms with Gasteiger partial charge in [-0.2, -0.15) is 0 Å². The Morgan fingerprint density at radius 1 is 1.50 bits per heavy atom. The average Bonchev–Trinajstić information content (AvgIpc) is 2.43. The van der Waals surface area contributed by atoms with E-state index in [1.807, 2.05) is 11.0 Å². The number of anilines is 1. The summed E-state index contributed by atoms with van der Waals surface area (Å²) >= 11 is 0. The van der Waals surface area contributed by atoms with Crippen molar-refractivity contribution in [3.8, 4) is 0 Å². The normalized spacial score (nSPS) is 17.9. The Morgan fingerprint density at radius 3 is 3.00 bits per heavy atom. The molecule has 110 valence electrons. The Hall–Kier alpha value is -1.58. The predicted molar refractivity (Wildman–Crippen MR) is 81.9 cm³/mol. The van der Waals surface area contributed by atoms with Crippen molar-refractivity contribution in [1.29, 1.82) is 0 Å². The molecule has 1 aliphatic rings. The zero-order chi connectivity index (χ0) is 14.6. The van der Waals surface area contributed by atoms with E-state index in [0.717, 1.165) is 43.7 Å². The summed E-state index contributed by atoms with van der Waals surface area (Å²) in [5.41, 5.74) is 1.81. The van der Waals surface area contributed by atoms with Gasteiger partial charge < -0.3 is 10.2 Å². The third-order valence-electron chi connectivity index (χ3n) is 3.80. The van der Waals surface area contributed by atoms with Gasteiger partial charge in [0.2, 0.25) is 0 Å². The van der Waals surface area contributed by atoms with Gasteiger partial charge in [-0.25, -0.2) is 0 Å². The first-order valence-electron chi connectivity index (χ1n) is 7.51. The number of rotatable bonds is 4. The molecular weight excluding hydrogens is 250 g/mol. The highest BCUT2D eigenvalue weighted by Crippen LogP contribution is 2.30. The van der Waals surface area contributed by atoms with Crippen LogP contribution in [-0.2, 0) is 0 Å². The minimum atomic E-state index is 0.124. The number of pyridine rings is 1. The number of carbonyl (C=O) groups is 1.